The molecule has 0 spiro atoms. The molecule has 5 rings (SSSR count). The summed E-state index contributed by atoms with van der Waals surface area (Å²) in [6.45, 7) is 7.74. The molecular formula is C28H25FN4O. The molecular weight excluding hydrogens is 427 g/mol. The molecule has 0 aliphatic rings. The highest BCUT2D eigenvalue weighted by Gasteiger charge is 2.12. The van der Waals surface area contributed by atoms with Crippen molar-refractivity contribution in [2.24, 2.45) is 0 Å². The molecule has 3 aromatic heterocycles. The predicted octanol–water partition coefficient (Wildman–Crippen LogP) is 7.19. The smallest absolute Gasteiger partial charge is 0.215 e. The van der Waals surface area contributed by atoms with Gasteiger partial charge in [-0.15, -0.1) is 0 Å². The number of rotatable bonds is 5. The summed E-state index contributed by atoms with van der Waals surface area (Å²) in [5, 5.41) is 4.59. The highest BCUT2D eigenvalue weighted by atomic mass is 19.1. The van der Waals surface area contributed by atoms with Crippen molar-refractivity contribution in [2.45, 2.75) is 33.7 Å². The van der Waals surface area contributed by atoms with Gasteiger partial charge in [-0.3, -0.25) is 0 Å². The average molecular weight is 453 g/mol. The van der Waals surface area contributed by atoms with Crippen LogP contribution in [-0.4, -0.2) is 15.0 Å². The van der Waals surface area contributed by atoms with Crippen LogP contribution in [-0.2, 0) is 0 Å². The second-order valence-corrected chi connectivity index (χ2v) is 8.64. The van der Waals surface area contributed by atoms with E-state index in [0.29, 0.717) is 11.4 Å². The first-order valence-corrected chi connectivity index (χ1v) is 11.2. The summed E-state index contributed by atoms with van der Waals surface area (Å²) in [5.74, 6) is 1.01. The molecule has 0 aliphatic carbocycles. The van der Waals surface area contributed by atoms with Gasteiger partial charge in [-0.1, -0.05) is 18.2 Å². The normalized spacial score (nSPS) is 12.1. The highest BCUT2D eigenvalue weighted by Crippen LogP contribution is 2.29. The second kappa shape index (κ2) is 8.71. The minimum atomic E-state index is -0.438. The molecule has 0 bridgehead atoms. The van der Waals surface area contributed by atoms with Crippen LogP contribution in [0.15, 0.2) is 71.5 Å². The monoisotopic (exact) mass is 452 g/mol. The molecule has 1 unspecified atom stereocenters. The standard InChI is InChI=1S/C28H25FN4O/c1-16-10-23(14-30-28(16)29)21-7-5-6-20(11-21)18(3)31-27-13-25(32-19(4)33-27)22-8-9-26-24(12-22)17(2)15-34-26/h5-15,18H,1-4H3,(H,31,32,33). The van der Waals surface area contributed by atoms with Crippen molar-refractivity contribution in [2.75, 3.05) is 5.32 Å². The van der Waals surface area contributed by atoms with Crippen molar-refractivity contribution < 1.29 is 8.81 Å². The van der Waals surface area contributed by atoms with Crippen LogP contribution in [0.25, 0.3) is 33.4 Å². The van der Waals surface area contributed by atoms with Crippen molar-refractivity contribution in [3.8, 4) is 22.4 Å². The predicted molar refractivity (Wildman–Crippen MR) is 133 cm³/mol. The minimum Gasteiger partial charge on any atom is -0.464 e. The summed E-state index contributed by atoms with van der Waals surface area (Å²) >= 11 is 0. The van der Waals surface area contributed by atoms with E-state index in [2.05, 4.69) is 45.4 Å². The van der Waals surface area contributed by atoms with Crippen molar-refractivity contribution >= 4 is 16.8 Å². The fraction of sp³-hybridized carbons (Fsp3) is 0.179. The van der Waals surface area contributed by atoms with Crippen LogP contribution in [0, 0.1) is 26.7 Å². The van der Waals surface area contributed by atoms with Crippen molar-refractivity contribution in [1.82, 2.24) is 15.0 Å². The van der Waals surface area contributed by atoms with Crippen LogP contribution in [0.5, 0.6) is 0 Å². The van der Waals surface area contributed by atoms with E-state index in [1.54, 1.807) is 19.4 Å². The zero-order valence-corrected chi connectivity index (χ0v) is 19.6. The molecule has 0 aliphatic heterocycles. The van der Waals surface area contributed by atoms with E-state index in [1.165, 1.54) is 0 Å². The lowest BCUT2D eigenvalue weighted by Gasteiger charge is -2.17. The molecule has 1 N–H and O–H groups in total. The van der Waals surface area contributed by atoms with Crippen LogP contribution >= 0.6 is 0 Å². The number of furan rings is 1. The van der Waals surface area contributed by atoms with Gasteiger partial charge in [0.1, 0.15) is 17.2 Å². The molecule has 34 heavy (non-hydrogen) atoms. The second-order valence-electron chi connectivity index (χ2n) is 8.64. The Morgan fingerprint density at radius 3 is 2.56 bits per heavy atom. The summed E-state index contributed by atoms with van der Waals surface area (Å²) in [7, 11) is 0. The summed E-state index contributed by atoms with van der Waals surface area (Å²) < 4.78 is 19.2. The van der Waals surface area contributed by atoms with E-state index >= 15 is 0 Å². The fourth-order valence-electron chi connectivity index (χ4n) is 4.11. The third-order valence-corrected chi connectivity index (χ3v) is 6.00. The van der Waals surface area contributed by atoms with Gasteiger partial charge >= 0.3 is 0 Å². The molecule has 3 heterocycles. The molecule has 170 valence electrons. The first-order valence-electron chi connectivity index (χ1n) is 11.2. The number of fused-ring (bicyclic) bond motifs is 1. The molecule has 2 aromatic carbocycles. The fourth-order valence-corrected chi connectivity index (χ4v) is 4.11. The van der Waals surface area contributed by atoms with Crippen LogP contribution in [0.3, 0.4) is 0 Å². The number of aromatic nitrogens is 3. The maximum atomic E-state index is 13.6. The van der Waals surface area contributed by atoms with Crippen LogP contribution in [0.1, 0.15) is 35.5 Å². The van der Waals surface area contributed by atoms with E-state index in [9.17, 15) is 4.39 Å². The number of halogens is 1. The van der Waals surface area contributed by atoms with Crippen molar-refractivity contribution in [1.29, 1.82) is 0 Å². The average Bonchev–Trinajstić information content (AvgIpc) is 3.20. The van der Waals surface area contributed by atoms with Crippen LogP contribution < -0.4 is 5.32 Å². The number of nitrogens with zero attached hydrogens (tertiary/aromatic N) is 3. The SMILES string of the molecule is Cc1nc(NC(C)c2cccc(-c3cnc(F)c(C)c3)c2)cc(-c2ccc3occ(C)c3c2)n1. The van der Waals surface area contributed by atoms with Gasteiger partial charge in [-0.2, -0.15) is 4.39 Å². The van der Waals surface area contributed by atoms with Crippen molar-refractivity contribution in [3.63, 3.8) is 0 Å². The van der Waals surface area contributed by atoms with Gasteiger partial charge in [0.15, 0.2) is 0 Å². The summed E-state index contributed by atoms with van der Waals surface area (Å²) in [6.07, 6.45) is 3.34. The lowest BCUT2D eigenvalue weighted by Crippen LogP contribution is -2.09. The van der Waals surface area contributed by atoms with E-state index < -0.39 is 5.95 Å². The molecule has 1 atom stereocenters. The lowest BCUT2D eigenvalue weighted by atomic mass is 10.0. The Labute approximate surface area is 197 Å². The largest absolute Gasteiger partial charge is 0.464 e. The molecule has 5 aromatic rings. The van der Waals surface area contributed by atoms with Gasteiger partial charge in [-0.05, 0) is 74.7 Å². The lowest BCUT2D eigenvalue weighted by molar-refractivity contribution is 0.575. The first-order chi connectivity index (χ1) is 16.4. The van der Waals surface area contributed by atoms with Gasteiger partial charge in [0.25, 0.3) is 0 Å². The van der Waals surface area contributed by atoms with Crippen molar-refractivity contribution in [3.05, 3.63) is 95.5 Å². The third-order valence-electron chi connectivity index (χ3n) is 6.00. The summed E-state index contributed by atoms with van der Waals surface area (Å²) in [4.78, 5) is 13.1. The number of hydrogen-bond acceptors (Lipinski definition) is 5. The minimum absolute atomic E-state index is 0.00444. The summed E-state index contributed by atoms with van der Waals surface area (Å²) in [6, 6.07) is 18.0. The number of aryl methyl sites for hydroxylation is 3. The number of nitrogens with one attached hydrogen (secondary N) is 1. The van der Waals surface area contributed by atoms with Gasteiger partial charge in [0.2, 0.25) is 5.95 Å². The molecule has 5 nitrogen and oxygen atoms in total. The molecule has 0 fully saturated rings. The van der Waals surface area contributed by atoms with E-state index in [1.807, 2.05) is 50.2 Å². The summed E-state index contributed by atoms with van der Waals surface area (Å²) in [5.41, 5.74) is 7.33. The van der Waals surface area contributed by atoms with Gasteiger partial charge in [0, 0.05) is 40.4 Å². The Bertz CT molecular complexity index is 1510. The van der Waals surface area contributed by atoms with Crippen LogP contribution in [0.4, 0.5) is 10.2 Å². The third kappa shape index (κ3) is 4.27. The number of hydrogen-bond donors (Lipinski definition) is 1. The highest BCUT2D eigenvalue weighted by molar-refractivity contribution is 5.85. The Hall–Kier alpha value is -4.06. The molecule has 6 heteroatoms. The van der Waals surface area contributed by atoms with Gasteiger partial charge in [-0.25, -0.2) is 15.0 Å². The van der Waals surface area contributed by atoms with E-state index in [0.717, 1.165) is 50.3 Å². The quantitative estimate of drug-likeness (QED) is 0.286. The zero-order chi connectivity index (χ0) is 23.8. The zero-order valence-electron chi connectivity index (χ0n) is 19.6. The Kier molecular flexibility index (Phi) is 5.57. The Morgan fingerprint density at radius 2 is 1.74 bits per heavy atom. The van der Waals surface area contributed by atoms with Gasteiger partial charge in [0.05, 0.1) is 12.0 Å². The van der Waals surface area contributed by atoms with E-state index in [4.69, 9.17) is 4.42 Å². The molecule has 0 saturated carbocycles. The molecule has 0 saturated heterocycles. The number of benzene rings is 2. The number of pyridine rings is 1. The maximum Gasteiger partial charge on any atom is 0.215 e. The number of anilines is 1. The first kappa shape index (κ1) is 21.8. The Morgan fingerprint density at radius 1 is 0.882 bits per heavy atom. The van der Waals surface area contributed by atoms with E-state index in [-0.39, 0.29) is 6.04 Å². The van der Waals surface area contributed by atoms with Gasteiger partial charge < -0.3 is 9.73 Å². The Balaban J connectivity index is 1.42. The van der Waals surface area contributed by atoms with Crippen LogP contribution in [0.2, 0.25) is 0 Å². The molecule has 0 amide bonds. The maximum absolute atomic E-state index is 13.6. The molecule has 0 radical (unpaired) electrons. The topological polar surface area (TPSA) is 63.8 Å².